The maximum absolute atomic E-state index is 10.9. The minimum absolute atomic E-state index is 0.0702. The summed E-state index contributed by atoms with van der Waals surface area (Å²) in [7, 11) is 1.61. The number of nitrogens with two attached hydrogens (primary N) is 1. The molecule has 2 unspecified atom stereocenters. The Kier molecular flexibility index (Phi) is 4.18. The summed E-state index contributed by atoms with van der Waals surface area (Å²) in [6, 6.07) is 0.253. The van der Waals surface area contributed by atoms with Gasteiger partial charge in [-0.1, -0.05) is 0 Å². The number of rotatable bonds is 3. The van der Waals surface area contributed by atoms with Crippen LogP contribution < -0.4 is 11.1 Å². The molecule has 1 aliphatic carbocycles. The molecule has 0 spiro atoms. The maximum atomic E-state index is 10.9. The van der Waals surface area contributed by atoms with Crippen LogP contribution in [0.3, 0.4) is 0 Å². The van der Waals surface area contributed by atoms with Gasteiger partial charge in [-0.25, -0.2) is 0 Å². The number of ether oxygens (including phenoxy) is 1. The highest BCUT2D eigenvalue weighted by Gasteiger charge is 2.19. The van der Waals surface area contributed by atoms with Crippen LogP contribution >= 0.6 is 0 Å². The molecule has 0 aromatic rings. The largest absolute Gasteiger partial charge is 0.368 e. The topological polar surface area (TPSA) is 64.3 Å². The Morgan fingerprint density at radius 2 is 2.38 bits per heavy atom. The van der Waals surface area contributed by atoms with E-state index in [4.69, 9.17) is 10.5 Å². The van der Waals surface area contributed by atoms with Gasteiger partial charge in [-0.2, -0.15) is 0 Å². The highest BCUT2D eigenvalue weighted by molar-refractivity contribution is 5.76. The van der Waals surface area contributed by atoms with Crippen molar-refractivity contribution in [1.29, 1.82) is 0 Å². The molecule has 13 heavy (non-hydrogen) atoms. The van der Waals surface area contributed by atoms with E-state index in [1.165, 1.54) is 0 Å². The predicted octanol–water partition coefficient (Wildman–Crippen LogP) is 0.0189. The zero-order valence-electron chi connectivity index (χ0n) is 8.08. The second kappa shape index (κ2) is 5.19. The normalized spacial score (nSPS) is 28.5. The summed E-state index contributed by atoms with van der Waals surface area (Å²) < 4.78 is 5.41. The van der Waals surface area contributed by atoms with Crippen molar-refractivity contribution >= 4 is 5.91 Å². The summed E-state index contributed by atoms with van der Waals surface area (Å²) in [5.74, 6) is -0.0702. The lowest BCUT2D eigenvalue weighted by molar-refractivity contribution is -0.127. The summed E-state index contributed by atoms with van der Waals surface area (Å²) in [6.45, 7) is 0.161. The minimum Gasteiger partial charge on any atom is -0.368 e. The third-order valence-electron chi connectivity index (χ3n) is 2.40. The molecule has 0 aliphatic heterocycles. The first kappa shape index (κ1) is 10.5. The summed E-state index contributed by atoms with van der Waals surface area (Å²) in [5, 5.41) is 2.52. The van der Waals surface area contributed by atoms with Crippen LogP contribution in [0.2, 0.25) is 0 Å². The standard InChI is InChI=1S/C9H18N2O2/c1-11-9(12)6-13-8-4-2-3-7(10)5-8/h7-8H,2-6,10H2,1H3,(H,11,12). The molecule has 3 N–H and O–H groups in total. The molecule has 1 amide bonds. The second-order valence-corrected chi connectivity index (χ2v) is 3.53. The molecule has 76 valence electrons. The third-order valence-corrected chi connectivity index (χ3v) is 2.40. The van der Waals surface area contributed by atoms with Gasteiger partial charge in [-0.15, -0.1) is 0 Å². The molecule has 4 heteroatoms. The Balaban J connectivity index is 2.17. The van der Waals surface area contributed by atoms with Crippen molar-refractivity contribution in [2.45, 2.75) is 37.8 Å². The van der Waals surface area contributed by atoms with Crippen molar-refractivity contribution < 1.29 is 9.53 Å². The van der Waals surface area contributed by atoms with Gasteiger partial charge in [0, 0.05) is 13.1 Å². The van der Waals surface area contributed by atoms with Gasteiger partial charge in [0.05, 0.1) is 6.10 Å². The lowest BCUT2D eigenvalue weighted by Crippen LogP contribution is -2.34. The monoisotopic (exact) mass is 186 g/mol. The number of hydrogen-bond acceptors (Lipinski definition) is 3. The number of carbonyl (C=O) groups excluding carboxylic acids is 1. The number of carbonyl (C=O) groups is 1. The van der Waals surface area contributed by atoms with Gasteiger partial charge >= 0.3 is 0 Å². The lowest BCUT2D eigenvalue weighted by Gasteiger charge is -2.26. The number of likely N-dealkylation sites (N-methyl/N-ethyl adjacent to an activating group) is 1. The van der Waals surface area contributed by atoms with Crippen LogP contribution in [0.25, 0.3) is 0 Å². The van der Waals surface area contributed by atoms with E-state index in [1.807, 2.05) is 0 Å². The van der Waals surface area contributed by atoms with Gasteiger partial charge in [0.1, 0.15) is 6.61 Å². The van der Waals surface area contributed by atoms with Crippen molar-refractivity contribution in [3.05, 3.63) is 0 Å². The zero-order valence-corrected chi connectivity index (χ0v) is 8.08. The van der Waals surface area contributed by atoms with E-state index in [0.29, 0.717) is 0 Å². The first-order chi connectivity index (χ1) is 6.22. The number of amides is 1. The Labute approximate surface area is 78.8 Å². The Morgan fingerprint density at radius 3 is 3.00 bits per heavy atom. The number of hydrogen-bond donors (Lipinski definition) is 2. The zero-order chi connectivity index (χ0) is 9.68. The van der Waals surface area contributed by atoms with Gasteiger partial charge in [-0.05, 0) is 25.7 Å². The second-order valence-electron chi connectivity index (χ2n) is 3.53. The van der Waals surface area contributed by atoms with E-state index in [2.05, 4.69) is 5.32 Å². The summed E-state index contributed by atoms with van der Waals surface area (Å²) in [4.78, 5) is 10.9. The van der Waals surface area contributed by atoms with Crippen molar-refractivity contribution in [3.63, 3.8) is 0 Å². The average molecular weight is 186 g/mol. The van der Waals surface area contributed by atoms with E-state index in [0.717, 1.165) is 25.7 Å². The molecule has 1 aliphatic rings. The summed E-state index contributed by atoms with van der Waals surface area (Å²) >= 11 is 0. The average Bonchev–Trinajstić information content (AvgIpc) is 2.14. The van der Waals surface area contributed by atoms with Crippen LogP contribution in [0.5, 0.6) is 0 Å². The molecule has 1 saturated carbocycles. The van der Waals surface area contributed by atoms with Crippen LogP contribution in [-0.2, 0) is 9.53 Å². The van der Waals surface area contributed by atoms with Crippen molar-refractivity contribution in [1.82, 2.24) is 5.32 Å². The minimum atomic E-state index is -0.0702. The SMILES string of the molecule is CNC(=O)COC1CCCC(N)C1. The van der Waals surface area contributed by atoms with Crippen LogP contribution in [0.1, 0.15) is 25.7 Å². The van der Waals surface area contributed by atoms with E-state index >= 15 is 0 Å². The van der Waals surface area contributed by atoms with Gasteiger partial charge in [0.15, 0.2) is 0 Å². The molecule has 0 aromatic carbocycles. The van der Waals surface area contributed by atoms with Gasteiger partial charge < -0.3 is 15.8 Å². The summed E-state index contributed by atoms with van der Waals surface area (Å²) in [6.07, 6.45) is 4.29. The first-order valence-electron chi connectivity index (χ1n) is 4.80. The van der Waals surface area contributed by atoms with E-state index < -0.39 is 0 Å². The highest BCUT2D eigenvalue weighted by atomic mass is 16.5. The van der Waals surface area contributed by atoms with E-state index in [-0.39, 0.29) is 24.7 Å². The molecule has 0 aromatic heterocycles. The predicted molar refractivity (Wildman–Crippen MR) is 50.3 cm³/mol. The van der Waals surface area contributed by atoms with Crippen molar-refractivity contribution in [3.8, 4) is 0 Å². The molecule has 0 bridgehead atoms. The molecule has 0 heterocycles. The first-order valence-corrected chi connectivity index (χ1v) is 4.80. The van der Waals surface area contributed by atoms with Gasteiger partial charge in [-0.3, -0.25) is 4.79 Å². The quantitative estimate of drug-likeness (QED) is 0.653. The van der Waals surface area contributed by atoms with Crippen LogP contribution in [0.15, 0.2) is 0 Å². The van der Waals surface area contributed by atoms with E-state index in [9.17, 15) is 4.79 Å². The lowest BCUT2D eigenvalue weighted by atomic mass is 9.94. The molecule has 1 rings (SSSR count). The molecular formula is C9H18N2O2. The fraction of sp³-hybridized carbons (Fsp3) is 0.889. The Bertz CT molecular complexity index is 173. The van der Waals surface area contributed by atoms with Crippen molar-refractivity contribution in [2.24, 2.45) is 5.73 Å². The fourth-order valence-electron chi connectivity index (χ4n) is 1.60. The smallest absolute Gasteiger partial charge is 0.245 e. The Morgan fingerprint density at radius 1 is 1.62 bits per heavy atom. The van der Waals surface area contributed by atoms with Crippen LogP contribution in [0.4, 0.5) is 0 Å². The molecule has 0 radical (unpaired) electrons. The number of nitrogens with one attached hydrogen (secondary N) is 1. The molecule has 0 saturated heterocycles. The van der Waals surface area contributed by atoms with Crippen LogP contribution in [0, 0.1) is 0 Å². The van der Waals surface area contributed by atoms with E-state index in [1.54, 1.807) is 7.05 Å². The maximum Gasteiger partial charge on any atom is 0.245 e. The molecule has 1 fully saturated rings. The molecular weight excluding hydrogens is 168 g/mol. The Hall–Kier alpha value is -0.610. The summed E-state index contributed by atoms with van der Waals surface area (Å²) in [5.41, 5.74) is 5.78. The third kappa shape index (κ3) is 3.74. The molecule has 4 nitrogen and oxygen atoms in total. The fourth-order valence-corrected chi connectivity index (χ4v) is 1.60. The molecule has 2 atom stereocenters. The highest BCUT2D eigenvalue weighted by Crippen LogP contribution is 2.19. The van der Waals surface area contributed by atoms with Crippen LogP contribution in [-0.4, -0.2) is 31.7 Å². The van der Waals surface area contributed by atoms with Crippen molar-refractivity contribution in [2.75, 3.05) is 13.7 Å². The van der Waals surface area contributed by atoms with Gasteiger partial charge in [0.25, 0.3) is 0 Å². The van der Waals surface area contributed by atoms with Gasteiger partial charge in [0.2, 0.25) is 5.91 Å².